The van der Waals surface area contributed by atoms with Gasteiger partial charge in [0.1, 0.15) is 5.82 Å². The first-order chi connectivity index (χ1) is 7.78. The van der Waals surface area contributed by atoms with Crippen molar-refractivity contribution in [3.63, 3.8) is 0 Å². The zero-order valence-electron chi connectivity index (χ0n) is 9.20. The van der Waals surface area contributed by atoms with Crippen molar-refractivity contribution in [3.8, 4) is 0 Å². The van der Waals surface area contributed by atoms with Crippen LogP contribution in [0.2, 0.25) is 0 Å². The van der Waals surface area contributed by atoms with Gasteiger partial charge in [0.2, 0.25) is 0 Å². The molecule has 0 saturated heterocycles. The van der Waals surface area contributed by atoms with Gasteiger partial charge in [-0.1, -0.05) is 0 Å². The van der Waals surface area contributed by atoms with Crippen LogP contribution in [0, 0.1) is 5.82 Å². The Morgan fingerprint density at radius 2 is 2.38 bits per heavy atom. The van der Waals surface area contributed by atoms with Crippen molar-refractivity contribution in [3.05, 3.63) is 29.8 Å². The maximum absolute atomic E-state index is 12.6. The smallest absolute Gasteiger partial charge is 0.191 e. The van der Waals surface area contributed by atoms with E-state index in [2.05, 4.69) is 20.6 Å². The summed E-state index contributed by atoms with van der Waals surface area (Å²) < 4.78 is 12.6. The summed E-state index contributed by atoms with van der Waals surface area (Å²) in [6.45, 7) is 0.548. The largest absolute Gasteiger partial charge is 0.354 e. The summed E-state index contributed by atoms with van der Waals surface area (Å²) in [6, 6.07) is 3.63. The maximum Gasteiger partial charge on any atom is 0.191 e. The minimum atomic E-state index is -0.316. The summed E-state index contributed by atoms with van der Waals surface area (Å²) >= 11 is 0. The third-order valence-electron chi connectivity index (χ3n) is 2.37. The molecule has 0 aliphatic heterocycles. The average molecular weight is 222 g/mol. The predicted molar refractivity (Wildman–Crippen MR) is 60.6 cm³/mol. The molecule has 1 aliphatic carbocycles. The van der Waals surface area contributed by atoms with Crippen LogP contribution in [0.5, 0.6) is 0 Å². The number of halogens is 1. The van der Waals surface area contributed by atoms with E-state index in [0.29, 0.717) is 12.6 Å². The lowest BCUT2D eigenvalue weighted by molar-refractivity contribution is 0.618. The molecule has 1 heterocycles. The fourth-order valence-corrected chi connectivity index (χ4v) is 1.30. The Morgan fingerprint density at radius 1 is 1.56 bits per heavy atom. The molecule has 1 fully saturated rings. The lowest BCUT2D eigenvalue weighted by atomic mass is 10.3. The summed E-state index contributed by atoms with van der Waals surface area (Å²) in [7, 11) is 1.73. The van der Waals surface area contributed by atoms with Crippen LogP contribution in [0.3, 0.4) is 0 Å². The first-order valence-electron chi connectivity index (χ1n) is 5.35. The van der Waals surface area contributed by atoms with E-state index in [1.807, 2.05) is 0 Å². The van der Waals surface area contributed by atoms with Crippen LogP contribution in [0.1, 0.15) is 18.5 Å². The van der Waals surface area contributed by atoms with Crippen molar-refractivity contribution in [1.82, 2.24) is 15.6 Å². The van der Waals surface area contributed by atoms with E-state index in [-0.39, 0.29) is 5.82 Å². The number of guanidine groups is 1. The van der Waals surface area contributed by atoms with E-state index in [4.69, 9.17) is 0 Å². The molecule has 1 aromatic heterocycles. The number of nitrogens with one attached hydrogen (secondary N) is 2. The van der Waals surface area contributed by atoms with E-state index in [9.17, 15) is 4.39 Å². The summed E-state index contributed by atoms with van der Waals surface area (Å²) in [5.41, 5.74) is 0.792. The topological polar surface area (TPSA) is 49.3 Å². The number of pyridine rings is 1. The third kappa shape index (κ3) is 3.18. The molecular weight excluding hydrogens is 207 g/mol. The Balaban J connectivity index is 1.82. The highest BCUT2D eigenvalue weighted by Gasteiger charge is 2.21. The van der Waals surface area contributed by atoms with Crippen LogP contribution in [0.4, 0.5) is 4.39 Å². The molecule has 0 unspecified atom stereocenters. The lowest BCUT2D eigenvalue weighted by Gasteiger charge is -2.10. The van der Waals surface area contributed by atoms with Crippen LogP contribution >= 0.6 is 0 Å². The minimum absolute atomic E-state index is 0.316. The molecule has 2 N–H and O–H groups in total. The zero-order chi connectivity index (χ0) is 11.4. The third-order valence-corrected chi connectivity index (χ3v) is 2.37. The number of aromatic nitrogens is 1. The fraction of sp³-hybridized carbons (Fsp3) is 0.455. The Bertz CT molecular complexity index is 370. The zero-order valence-corrected chi connectivity index (χ0v) is 9.20. The van der Waals surface area contributed by atoms with Crippen molar-refractivity contribution in [2.75, 3.05) is 7.05 Å². The normalized spacial score (nSPS) is 16.0. The SMILES string of the molecule is CN=C(NCc1ccc(F)cn1)NC1CC1. The number of rotatable bonds is 3. The Morgan fingerprint density at radius 3 is 2.94 bits per heavy atom. The van der Waals surface area contributed by atoms with E-state index in [1.54, 1.807) is 13.1 Å². The van der Waals surface area contributed by atoms with Gasteiger partial charge in [-0.05, 0) is 25.0 Å². The average Bonchev–Trinajstić information content (AvgIpc) is 3.10. The van der Waals surface area contributed by atoms with Crippen molar-refractivity contribution in [2.24, 2.45) is 4.99 Å². The van der Waals surface area contributed by atoms with Gasteiger partial charge in [0, 0.05) is 13.1 Å². The van der Waals surface area contributed by atoms with Gasteiger partial charge in [-0.25, -0.2) is 4.39 Å². The van der Waals surface area contributed by atoms with Crippen molar-refractivity contribution >= 4 is 5.96 Å². The summed E-state index contributed by atoms with van der Waals surface area (Å²) in [4.78, 5) is 8.05. The van der Waals surface area contributed by atoms with E-state index in [0.717, 1.165) is 11.7 Å². The second-order valence-electron chi connectivity index (χ2n) is 3.81. The van der Waals surface area contributed by atoms with E-state index in [1.165, 1.54) is 25.1 Å². The molecule has 16 heavy (non-hydrogen) atoms. The highest BCUT2D eigenvalue weighted by Crippen LogP contribution is 2.18. The molecule has 5 heteroatoms. The van der Waals surface area contributed by atoms with Gasteiger partial charge in [-0.15, -0.1) is 0 Å². The molecule has 1 aromatic rings. The quantitative estimate of drug-likeness (QED) is 0.593. The van der Waals surface area contributed by atoms with Crippen LogP contribution in [0.25, 0.3) is 0 Å². The second-order valence-corrected chi connectivity index (χ2v) is 3.81. The molecule has 2 rings (SSSR count). The number of hydrogen-bond donors (Lipinski definition) is 2. The van der Waals surface area contributed by atoms with E-state index >= 15 is 0 Å². The summed E-state index contributed by atoms with van der Waals surface area (Å²) in [6.07, 6.45) is 3.62. The first kappa shape index (κ1) is 10.9. The molecular formula is C11H15FN4. The second kappa shape index (κ2) is 4.92. The Kier molecular flexibility index (Phi) is 3.34. The number of nitrogens with zero attached hydrogens (tertiary/aromatic N) is 2. The van der Waals surface area contributed by atoms with Crippen molar-refractivity contribution in [2.45, 2.75) is 25.4 Å². The lowest BCUT2D eigenvalue weighted by Crippen LogP contribution is -2.38. The summed E-state index contributed by atoms with van der Waals surface area (Å²) in [5.74, 6) is 0.456. The molecule has 0 spiro atoms. The monoisotopic (exact) mass is 222 g/mol. The first-order valence-corrected chi connectivity index (χ1v) is 5.35. The highest BCUT2D eigenvalue weighted by atomic mass is 19.1. The standard InChI is InChI=1S/C11H15FN4/c1-13-11(16-9-4-5-9)15-7-10-3-2-8(12)6-14-10/h2-3,6,9H,4-5,7H2,1H3,(H2,13,15,16). The number of hydrogen-bond acceptors (Lipinski definition) is 2. The molecule has 1 saturated carbocycles. The molecule has 0 atom stereocenters. The predicted octanol–water partition coefficient (Wildman–Crippen LogP) is 1.05. The molecule has 0 aromatic carbocycles. The summed E-state index contributed by atoms with van der Waals surface area (Å²) in [5, 5.41) is 6.39. The van der Waals surface area contributed by atoms with Gasteiger partial charge in [0.25, 0.3) is 0 Å². The van der Waals surface area contributed by atoms with Gasteiger partial charge in [0.05, 0.1) is 18.4 Å². The fourth-order valence-electron chi connectivity index (χ4n) is 1.30. The number of aliphatic imine (C=N–C) groups is 1. The molecule has 4 nitrogen and oxygen atoms in total. The Labute approximate surface area is 94.0 Å². The van der Waals surface area contributed by atoms with Gasteiger partial charge in [0.15, 0.2) is 5.96 Å². The van der Waals surface area contributed by atoms with Crippen LogP contribution < -0.4 is 10.6 Å². The van der Waals surface area contributed by atoms with Crippen LogP contribution in [-0.4, -0.2) is 24.0 Å². The van der Waals surface area contributed by atoms with E-state index < -0.39 is 0 Å². The van der Waals surface area contributed by atoms with Gasteiger partial charge in [-0.3, -0.25) is 9.98 Å². The highest BCUT2D eigenvalue weighted by molar-refractivity contribution is 5.80. The van der Waals surface area contributed by atoms with Gasteiger partial charge in [-0.2, -0.15) is 0 Å². The van der Waals surface area contributed by atoms with Crippen molar-refractivity contribution in [1.29, 1.82) is 0 Å². The molecule has 0 bridgehead atoms. The minimum Gasteiger partial charge on any atom is -0.354 e. The van der Waals surface area contributed by atoms with Crippen LogP contribution in [-0.2, 0) is 6.54 Å². The maximum atomic E-state index is 12.6. The molecule has 0 radical (unpaired) electrons. The van der Waals surface area contributed by atoms with Gasteiger partial charge >= 0.3 is 0 Å². The molecule has 0 amide bonds. The van der Waals surface area contributed by atoms with Crippen LogP contribution in [0.15, 0.2) is 23.3 Å². The Hall–Kier alpha value is -1.65. The molecule has 1 aliphatic rings. The van der Waals surface area contributed by atoms with Gasteiger partial charge < -0.3 is 10.6 Å². The van der Waals surface area contributed by atoms with Crippen molar-refractivity contribution < 1.29 is 4.39 Å². The molecule has 86 valence electrons.